The molecule has 0 radical (unpaired) electrons. The second kappa shape index (κ2) is 4.66. The average Bonchev–Trinajstić information content (AvgIpc) is 2.51. The molecule has 1 aromatic heterocycles. The third kappa shape index (κ3) is 1.87. The number of para-hydroxylation sites is 1. The van der Waals surface area contributed by atoms with Gasteiger partial charge in [-0.05, 0) is 12.1 Å². The second-order valence-corrected chi connectivity index (χ2v) is 4.34. The van der Waals surface area contributed by atoms with E-state index in [1.54, 1.807) is 48.5 Å². The first-order chi connectivity index (χ1) is 9.70. The quantitative estimate of drug-likeness (QED) is 0.724. The highest BCUT2D eigenvalue weighted by Gasteiger charge is 2.14. The van der Waals surface area contributed by atoms with Crippen molar-refractivity contribution in [2.45, 2.75) is 0 Å². The summed E-state index contributed by atoms with van der Waals surface area (Å²) < 4.78 is 5.59. The maximum Gasteiger partial charge on any atom is 0.235 e. The van der Waals surface area contributed by atoms with Gasteiger partial charge in [-0.25, -0.2) is 0 Å². The Morgan fingerprint density at radius 3 is 2.40 bits per heavy atom. The van der Waals surface area contributed by atoms with E-state index in [1.165, 1.54) is 0 Å². The normalized spacial score (nSPS) is 10.6. The van der Waals surface area contributed by atoms with Crippen LogP contribution in [0.3, 0.4) is 0 Å². The van der Waals surface area contributed by atoms with Gasteiger partial charge in [0.2, 0.25) is 11.2 Å². The Bertz CT molecular complexity index is 844. The number of hydrogen-bond acceptors (Lipinski definition) is 4. The molecule has 2 aromatic carbocycles. The Morgan fingerprint density at radius 2 is 1.70 bits per heavy atom. The Kier molecular flexibility index (Phi) is 2.84. The summed E-state index contributed by atoms with van der Waals surface area (Å²) in [6.07, 6.45) is 0.722. The van der Waals surface area contributed by atoms with Gasteiger partial charge in [0.05, 0.1) is 5.39 Å². The first-order valence-corrected chi connectivity index (χ1v) is 6.01. The summed E-state index contributed by atoms with van der Waals surface area (Å²) in [5.41, 5.74) is 0.985. The topological polar surface area (TPSA) is 67.5 Å². The zero-order valence-corrected chi connectivity index (χ0v) is 10.4. The molecule has 0 aliphatic heterocycles. The SMILES string of the molecule is O=Cc1ccc(-c2oc3ccccc3c(=O)c2O)cc1. The van der Waals surface area contributed by atoms with Gasteiger partial charge in [0.1, 0.15) is 11.9 Å². The van der Waals surface area contributed by atoms with Crippen molar-refractivity contribution >= 4 is 17.3 Å². The van der Waals surface area contributed by atoms with Crippen LogP contribution in [0.15, 0.2) is 57.7 Å². The smallest absolute Gasteiger partial charge is 0.235 e. The number of carbonyl (C=O) groups excluding carboxylic acids is 1. The molecule has 98 valence electrons. The first-order valence-electron chi connectivity index (χ1n) is 6.01. The van der Waals surface area contributed by atoms with E-state index in [1.807, 2.05) is 0 Å². The number of hydrogen-bond donors (Lipinski definition) is 1. The van der Waals surface area contributed by atoms with Crippen molar-refractivity contribution < 1.29 is 14.3 Å². The number of carbonyl (C=O) groups is 1. The maximum absolute atomic E-state index is 12.1. The van der Waals surface area contributed by atoms with Gasteiger partial charge in [-0.1, -0.05) is 36.4 Å². The molecule has 3 rings (SSSR count). The number of fused-ring (bicyclic) bond motifs is 1. The van der Waals surface area contributed by atoms with Gasteiger partial charge >= 0.3 is 0 Å². The van der Waals surface area contributed by atoms with Gasteiger partial charge in [-0.3, -0.25) is 9.59 Å². The van der Waals surface area contributed by atoms with E-state index >= 15 is 0 Å². The van der Waals surface area contributed by atoms with Crippen LogP contribution in [0.1, 0.15) is 10.4 Å². The lowest BCUT2D eigenvalue weighted by molar-refractivity contribution is 0.112. The molecule has 0 aliphatic carbocycles. The van der Waals surface area contributed by atoms with E-state index in [4.69, 9.17) is 4.42 Å². The minimum atomic E-state index is -0.471. The molecule has 0 spiro atoms. The lowest BCUT2D eigenvalue weighted by Crippen LogP contribution is -2.02. The average molecular weight is 266 g/mol. The van der Waals surface area contributed by atoms with Crippen LogP contribution in [0, 0.1) is 0 Å². The lowest BCUT2D eigenvalue weighted by atomic mass is 10.1. The fourth-order valence-electron chi connectivity index (χ4n) is 2.04. The first kappa shape index (κ1) is 12.2. The second-order valence-electron chi connectivity index (χ2n) is 4.34. The highest BCUT2D eigenvalue weighted by Crippen LogP contribution is 2.29. The van der Waals surface area contributed by atoms with Crippen molar-refractivity contribution in [3.63, 3.8) is 0 Å². The molecule has 0 saturated heterocycles. The predicted molar refractivity (Wildman–Crippen MR) is 75.0 cm³/mol. The third-order valence-corrected chi connectivity index (χ3v) is 3.08. The standard InChI is InChI=1S/C16H10O4/c17-9-10-5-7-11(8-6-10)16-15(19)14(18)12-3-1-2-4-13(12)20-16/h1-9,19H. The van der Waals surface area contributed by atoms with E-state index in [-0.39, 0.29) is 5.76 Å². The Hall–Kier alpha value is -2.88. The van der Waals surface area contributed by atoms with Crippen molar-refractivity contribution in [1.82, 2.24) is 0 Å². The van der Waals surface area contributed by atoms with E-state index < -0.39 is 11.2 Å². The molecular weight excluding hydrogens is 256 g/mol. The molecule has 0 amide bonds. The fourth-order valence-corrected chi connectivity index (χ4v) is 2.04. The Morgan fingerprint density at radius 1 is 1.00 bits per heavy atom. The van der Waals surface area contributed by atoms with Gasteiger partial charge in [-0.2, -0.15) is 0 Å². The van der Waals surface area contributed by atoms with Crippen molar-refractivity contribution in [3.05, 3.63) is 64.3 Å². The van der Waals surface area contributed by atoms with Gasteiger partial charge < -0.3 is 9.52 Å². The van der Waals surface area contributed by atoms with Gasteiger partial charge in [0.25, 0.3) is 0 Å². The van der Waals surface area contributed by atoms with Crippen LogP contribution in [0.25, 0.3) is 22.3 Å². The molecule has 20 heavy (non-hydrogen) atoms. The fraction of sp³-hybridized carbons (Fsp3) is 0. The number of benzene rings is 2. The lowest BCUT2D eigenvalue weighted by Gasteiger charge is -2.05. The number of aromatic hydroxyl groups is 1. The molecule has 4 nitrogen and oxygen atoms in total. The molecular formula is C16H10O4. The van der Waals surface area contributed by atoms with Gasteiger partial charge in [0, 0.05) is 11.1 Å². The van der Waals surface area contributed by atoms with Crippen LogP contribution in [-0.4, -0.2) is 11.4 Å². The van der Waals surface area contributed by atoms with Gasteiger partial charge in [0.15, 0.2) is 5.76 Å². The van der Waals surface area contributed by atoms with Crippen molar-refractivity contribution in [2.75, 3.05) is 0 Å². The van der Waals surface area contributed by atoms with Gasteiger partial charge in [-0.15, -0.1) is 0 Å². The van der Waals surface area contributed by atoms with Crippen LogP contribution in [0.2, 0.25) is 0 Å². The zero-order chi connectivity index (χ0) is 14.1. The summed E-state index contributed by atoms with van der Waals surface area (Å²) in [4.78, 5) is 22.7. The minimum Gasteiger partial charge on any atom is -0.502 e. The van der Waals surface area contributed by atoms with Crippen molar-refractivity contribution in [2.24, 2.45) is 0 Å². The molecule has 4 heteroatoms. The third-order valence-electron chi connectivity index (χ3n) is 3.08. The van der Waals surface area contributed by atoms with E-state index in [2.05, 4.69) is 0 Å². The maximum atomic E-state index is 12.1. The zero-order valence-electron chi connectivity index (χ0n) is 10.4. The highest BCUT2D eigenvalue weighted by atomic mass is 16.4. The van der Waals surface area contributed by atoms with E-state index in [0.717, 1.165) is 6.29 Å². The highest BCUT2D eigenvalue weighted by molar-refractivity contribution is 5.82. The largest absolute Gasteiger partial charge is 0.502 e. The molecule has 0 fully saturated rings. The number of aldehydes is 1. The molecule has 1 heterocycles. The molecule has 3 aromatic rings. The van der Waals surface area contributed by atoms with E-state index in [0.29, 0.717) is 22.1 Å². The summed E-state index contributed by atoms with van der Waals surface area (Å²) in [5, 5.41) is 10.3. The summed E-state index contributed by atoms with van der Waals surface area (Å²) >= 11 is 0. The molecule has 1 N–H and O–H groups in total. The van der Waals surface area contributed by atoms with Crippen molar-refractivity contribution in [1.29, 1.82) is 0 Å². The molecule has 0 atom stereocenters. The monoisotopic (exact) mass is 266 g/mol. The molecule has 0 unspecified atom stereocenters. The van der Waals surface area contributed by atoms with Crippen LogP contribution in [0.5, 0.6) is 5.75 Å². The summed E-state index contributed by atoms with van der Waals surface area (Å²) in [6, 6.07) is 13.2. The summed E-state index contributed by atoms with van der Waals surface area (Å²) in [6.45, 7) is 0. The van der Waals surface area contributed by atoms with E-state index in [9.17, 15) is 14.7 Å². The van der Waals surface area contributed by atoms with Crippen LogP contribution in [-0.2, 0) is 0 Å². The summed E-state index contributed by atoms with van der Waals surface area (Å²) in [5.74, 6) is -0.325. The van der Waals surface area contributed by atoms with Crippen molar-refractivity contribution in [3.8, 4) is 17.1 Å². The number of rotatable bonds is 2. The van der Waals surface area contributed by atoms with Crippen LogP contribution in [0.4, 0.5) is 0 Å². The molecule has 0 bridgehead atoms. The predicted octanol–water partition coefficient (Wildman–Crippen LogP) is 2.98. The molecule has 0 aliphatic rings. The minimum absolute atomic E-state index is 0.103. The summed E-state index contributed by atoms with van der Waals surface area (Å²) in [7, 11) is 0. The van der Waals surface area contributed by atoms with Crippen LogP contribution < -0.4 is 5.43 Å². The molecule has 0 saturated carbocycles. The Labute approximate surface area is 113 Å². The van der Waals surface area contributed by atoms with Crippen LogP contribution >= 0.6 is 0 Å². The Balaban J connectivity index is 2.27.